The number of likely N-dealkylation sites (tertiary alicyclic amines) is 1. The lowest BCUT2D eigenvalue weighted by molar-refractivity contribution is -0.101. The molecule has 2 aliphatic rings. The second kappa shape index (κ2) is 6.44. The van der Waals surface area contributed by atoms with Crippen LogP contribution in [0.5, 0.6) is 0 Å². The summed E-state index contributed by atoms with van der Waals surface area (Å²) in [5.74, 6) is 0.653. The van der Waals surface area contributed by atoms with Gasteiger partial charge in [0.1, 0.15) is 11.9 Å². The lowest BCUT2D eigenvalue weighted by atomic mass is 9.83. The molecule has 0 atom stereocenters. The number of hydrogen-bond donors (Lipinski definition) is 1. The molecule has 1 N–H and O–H groups in total. The fraction of sp³-hybridized carbons (Fsp3) is 0.556. The molecule has 1 spiro atoms. The molecule has 0 aliphatic carbocycles. The molecule has 8 heteroatoms. The highest BCUT2D eigenvalue weighted by Crippen LogP contribution is 2.40. The van der Waals surface area contributed by atoms with E-state index in [0.29, 0.717) is 5.78 Å². The van der Waals surface area contributed by atoms with Crippen molar-refractivity contribution in [1.82, 2.24) is 34.7 Å². The number of nitrogens with zero attached hydrogens (tertiary/aromatic N) is 6. The van der Waals surface area contributed by atoms with E-state index in [-0.39, 0.29) is 5.60 Å². The summed E-state index contributed by atoms with van der Waals surface area (Å²) < 4.78 is 7.96. The van der Waals surface area contributed by atoms with E-state index in [2.05, 4.69) is 30.2 Å². The van der Waals surface area contributed by atoms with Gasteiger partial charge in [0, 0.05) is 25.5 Å². The van der Waals surface area contributed by atoms with Gasteiger partial charge in [0.15, 0.2) is 0 Å². The molecule has 2 aliphatic heterocycles. The topological polar surface area (TPSA) is 84.2 Å². The van der Waals surface area contributed by atoms with Gasteiger partial charge in [-0.25, -0.2) is 9.50 Å². The third-order valence-electron chi connectivity index (χ3n) is 5.71. The lowest BCUT2D eigenvalue weighted by Gasteiger charge is -2.43. The van der Waals surface area contributed by atoms with Crippen LogP contribution >= 0.6 is 0 Å². The van der Waals surface area contributed by atoms with Crippen molar-refractivity contribution in [3.63, 3.8) is 0 Å². The molecular weight excluding hydrogens is 330 g/mol. The van der Waals surface area contributed by atoms with Gasteiger partial charge in [0.05, 0.1) is 18.5 Å². The Morgan fingerprint density at radius 2 is 2.12 bits per heavy atom. The summed E-state index contributed by atoms with van der Waals surface area (Å²) in [7, 11) is 0. The first kappa shape index (κ1) is 15.9. The summed E-state index contributed by atoms with van der Waals surface area (Å²) in [4.78, 5) is 11.0. The molecule has 26 heavy (non-hydrogen) atoms. The number of aromatic amines is 1. The molecule has 0 saturated carbocycles. The number of aryl methyl sites for hydroxylation is 1. The first-order valence-electron chi connectivity index (χ1n) is 9.36. The van der Waals surface area contributed by atoms with Crippen LogP contribution in [0.1, 0.15) is 36.1 Å². The van der Waals surface area contributed by atoms with Crippen molar-refractivity contribution < 1.29 is 4.74 Å². The molecular formula is C18H23N7O. The predicted octanol–water partition coefficient (Wildman–Crippen LogP) is 1.34. The van der Waals surface area contributed by atoms with Crippen molar-refractivity contribution in [2.75, 3.05) is 26.2 Å². The molecule has 3 aromatic rings. The highest BCUT2D eigenvalue weighted by atomic mass is 16.5. The SMILES string of the molecule is c1nc2ncc(CCCN3CCC4(CC3)OCCc3cn[nH]c34)cn2n1. The van der Waals surface area contributed by atoms with Crippen LogP contribution in [0, 0.1) is 0 Å². The Hall–Kier alpha value is -2.32. The van der Waals surface area contributed by atoms with Crippen LogP contribution < -0.4 is 0 Å². The van der Waals surface area contributed by atoms with E-state index in [1.165, 1.54) is 23.1 Å². The third kappa shape index (κ3) is 2.79. The quantitative estimate of drug-likeness (QED) is 0.762. The number of aromatic nitrogens is 6. The van der Waals surface area contributed by atoms with Gasteiger partial charge in [-0.05, 0) is 49.8 Å². The molecule has 1 saturated heterocycles. The summed E-state index contributed by atoms with van der Waals surface area (Å²) in [6, 6.07) is 0. The Labute approximate surface area is 151 Å². The van der Waals surface area contributed by atoms with E-state index in [0.717, 1.165) is 58.3 Å². The van der Waals surface area contributed by atoms with Crippen molar-refractivity contribution in [3.8, 4) is 0 Å². The Morgan fingerprint density at radius 3 is 3.04 bits per heavy atom. The first-order chi connectivity index (χ1) is 12.8. The minimum Gasteiger partial charge on any atom is -0.368 e. The first-order valence-corrected chi connectivity index (χ1v) is 9.36. The zero-order chi connectivity index (χ0) is 17.4. The number of H-pyrrole nitrogens is 1. The molecule has 0 unspecified atom stereocenters. The number of piperidine rings is 1. The molecule has 0 aromatic carbocycles. The molecule has 5 rings (SSSR count). The van der Waals surface area contributed by atoms with Gasteiger partial charge < -0.3 is 9.64 Å². The van der Waals surface area contributed by atoms with E-state index >= 15 is 0 Å². The van der Waals surface area contributed by atoms with Crippen LogP contribution in [0.15, 0.2) is 24.9 Å². The fourth-order valence-corrected chi connectivity index (χ4v) is 4.25. The van der Waals surface area contributed by atoms with Gasteiger partial charge in [0.2, 0.25) is 0 Å². The maximum Gasteiger partial charge on any atom is 0.252 e. The van der Waals surface area contributed by atoms with Crippen molar-refractivity contribution >= 4 is 5.78 Å². The van der Waals surface area contributed by atoms with Crippen LogP contribution in [0.25, 0.3) is 5.78 Å². The average Bonchev–Trinajstić information content (AvgIpc) is 3.33. The van der Waals surface area contributed by atoms with E-state index in [1.54, 1.807) is 4.52 Å². The monoisotopic (exact) mass is 353 g/mol. The number of rotatable bonds is 4. The third-order valence-corrected chi connectivity index (χ3v) is 5.71. The van der Waals surface area contributed by atoms with Gasteiger partial charge in [-0.1, -0.05) is 0 Å². The number of ether oxygens (including phenoxy) is 1. The Bertz CT molecular complexity index is 894. The minimum absolute atomic E-state index is 0.136. The highest BCUT2D eigenvalue weighted by Gasteiger charge is 2.42. The van der Waals surface area contributed by atoms with Gasteiger partial charge in [-0.3, -0.25) is 5.10 Å². The molecule has 1 fully saturated rings. The minimum atomic E-state index is -0.136. The van der Waals surface area contributed by atoms with E-state index < -0.39 is 0 Å². The highest BCUT2D eigenvalue weighted by molar-refractivity contribution is 5.27. The standard InChI is InChI=1S/C18H23N7O/c1(2-14-10-19-17-20-13-22-25(17)12-14)6-24-7-4-18(5-8-24)16-15(3-9-26-18)11-21-23-16/h10-13H,1-9H2,(H,21,23). The summed E-state index contributed by atoms with van der Waals surface area (Å²) >= 11 is 0. The van der Waals surface area contributed by atoms with E-state index in [1.807, 2.05) is 18.6 Å². The molecule has 0 radical (unpaired) electrons. The molecule has 0 amide bonds. The normalized spacial score (nSPS) is 19.8. The Balaban J connectivity index is 1.16. The van der Waals surface area contributed by atoms with Crippen molar-refractivity contribution in [2.45, 2.75) is 37.7 Å². The fourth-order valence-electron chi connectivity index (χ4n) is 4.25. The Morgan fingerprint density at radius 1 is 1.19 bits per heavy atom. The van der Waals surface area contributed by atoms with Crippen LogP contribution in [0.4, 0.5) is 0 Å². The van der Waals surface area contributed by atoms with Crippen molar-refractivity contribution in [1.29, 1.82) is 0 Å². The smallest absolute Gasteiger partial charge is 0.252 e. The summed E-state index contributed by atoms with van der Waals surface area (Å²) in [6.45, 7) is 4.04. The molecule has 8 nitrogen and oxygen atoms in total. The van der Waals surface area contributed by atoms with Gasteiger partial charge in [-0.2, -0.15) is 15.2 Å². The van der Waals surface area contributed by atoms with Crippen molar-refractivity contribution in [3.05, 3.63) is 41.7 Å². The van der Waals surface area contributed by atoms with Gasteiger partial charge in [-0.15, -0.1) is 0 Å². The molecule has 0 bridgehead atoms. The maximum absolute atomic E-state index is 6.22. The molecule has 136 valence electrons. The van der Waals surface area contributed by atoms with Gasteiger partial charge >= 0.3 is 0 Å². The van der Waals surface area contributed by atoms with Crippen LogP contribution in [0.2, 0.25) is 0 Å². The molecule has 3 aromatic heterocycles. The van der Waals surface area contributed by atoms with Crippen LogP contribution in [-0.4, -0.2) is 60.9 Å². The maximum atomic E-state index is 6.22. The van der Waals surface area contributed by atoms with E-state index in [4.69, 9.17) is 4.74 Å². The summed E-state index contributed by atoms with van der Waals surface area (Å²) in [5, 5.41) is 11.6. The zero-order valence-corrected chi connectivity index (χ0v) is 14.8. The Kier molecular flexibility index (Phi) is 3.94. The van der Waals surface area contributed by atoms with Crippen LogP contribution in [-0.2, 0) is 23.2 Å². The number of nitrogens with one attached hydrogen (secondary N) is 1. The van der Waals surface area contributed by atoms with Crippen molar-refractivity contribution in [2.24, 2.45) is 0 Å². The lowest BCUT2D eigenvalue weighted by Crippen LogP contribution is -2.46. The zero-order valence-electron chi connectivity index (χ0n) is 14.8. The summed E-state index contributed by atoms with van der Waals surface area (Å²) in [6.07, 6.45) is 12.6. The number of fused-ring (bicyclic) bond motifs is 3. The second-order valence-corrected chi connectivity index (χ2v) is 7.28. The summed E-state index contributed by atoms with van der Waals surface area (Å²) in [5.41, 5.74) is 3.62. The average molecular weight is 353 g/mol. The number of hydrogen-bond acceptors (Lipinski definition) is 6. The largest absolute Gasteiger partial charge is 0.368 e. The van der Waals surface area contributed by atoms with E-state index in [9.17, 15) is 0 Å². The predicted molar refractivity (Wildman–Crippen MR) is 94.7 cm³/mol. The molecule has 5 heterocycles. The second-order valence-electron chi connectivity index (χ2n) is 7.28. The van der Waals surface area contributed by atoms with Gasteiger partial charge in [0.25, 0.3) is 5.78 Å². The van der Waals surface area contributed by atoms with Crippen LogP contribution in [0.3, 0.4) is 0 Å².